The van der Waals surface area contributed by atoms with Crippen molar-refractivity contribution >= 4 is 0 Å². The number of aryl methyl sites for hydroxylation is 1. The minimum absolute atomic E-state index is 0.469. The first-order valence-electron chi connectivity index (χ1n) is 5.83. The lowest BCUT2D eigenvalue weighted by atomic mass is 10.1. The molecule has 1 rings (SSSR count). The van der Waals surface area contributed by atoms with Crippen LogP contribution in [-0.2, 0) is 6.18 Å². The number of hydrogen-bond donors (Lipinski definition) is 0. The van der Waals surface area contributed by atoms with Crippen molar-refractivity contribution in [1.82, 2.24) is 4.90 Å². The van der Waals surface area contributed by atoms with Crippen LogP contribution in [0.4, 0.5) is 13.2 Å². The highest BCUT2D eigenvalue weighted by Gasteiger charge is 2.30. The number of hydrogen-bond acceptors (Lipinski definition) is 2. The quantitative estimate of drug-likeness (QED) is 0.806. The minimum Gasteiger partial charge on any atom is -0.492 e. The zero-order valence-corrected chi connectivity index (χ0v) is 10.8. The zero-order chi connectivity index (χ0) is 13.8. The van der Waals surface area contributed by atoms with E-state index in [1.165, 1.54) is 6.07 Å². The maximum absolute atomic E-state index is 12.5. The van der Waals surface area contributed by atoms with E-state index in [0.29, 0.717) is 17.9 Å². The lowest BCUT2D eigenvalue weighted by Crippen LogP contribution is -2.23. The van der Waals surface area contributed by atoms with Gasteiger partial charge in [-0.15, -0.1) is 0 Å². The second-order valence-corrected chi connectivity index (χ2v) is 4.22. The van der Waals surface area contributed by atoms with Crippen molar-refractivity contribution < 1.29 is 17.9 Å². The molecule has 0 radical (unpaired) electrons. The Bertz CT molecular complexity index is 390. The first-order valence-corrected chi connectivity index (χ1v) is 5.83. The Morgan fingerprint density at radius 1 is 1.28 bits per heavy atom. The van der Waals surface area contributed by atoms with Gasteiger partial charge in [0.2, 0.25) is 0 Å². The van der Waals surface area contributed by atoms with Crippen LogP contribution in [0.2, 0.25) is 0 Å². The van der Waals surface area contributed by atoms with Gasteiger partial charge in [0.25, 0.3) is 0 Å². The summed E-state index contributed by atoms with van der Waals surface area (Å²) in [7, 11) is 1.96. The average Bonchev–Trinajstić information content (AvgIpc) is 2.29. The molecule has 5 heteroatoms. The molecule has 18 heavy (non-hydrogen) atoms. The van der Waals surface area contributed by atoms with Gasteiger partial charge in [-0.3, -0.25) is 0 Å². The Hall–Kier alpha value is -1.23. The molecule has 0 aliphatic rings. The maximum atomic E-state index is 12.5. The largest absolute Gasteiger partial charge is 0.492 e. The lowest BCUT2D eigenvalue weighted by Gasteiger charge is -2.16. The van der Waals surface area contributed by atoms with E-state index >= 15 is 0 Å². The van der Waals surface area contributed by atoms with Crippen molar-refractivity contribution in [3.05, 3.63) is 29.3 Å². The minimum atomic E-state index is -4.30. The molecular weight excluding hydrogens is 243 g/mol. The summed E-state index contributed by atoms with van der Waals surface area (Å²) in [6, 6.07) is 3.54. The summed E-state index contributed by atoms with van der Waals surface area (Å²) >= 11 is 0. The molecule has 0 aromatic heterocycles. The average molecular weight is 261 g/mol. The van der Waals surface area contributed by atoms with Crippen LogP contribution < -0.4 is 4.74 Å². The van der Waals surface area contributed by atoms with Crippen molar-refractivity contribution in [2.75, 3.05) is 26.7 Å². The fraction of sp³-hybridized carbons (Fsp3) is 0.538. The third-order valence-electron chi connectivity index (χ3n) is 2.77. The molecule has 0 saturated heterocycles. The lowest BCUT2D eigenvalue weighted by molar-refractivity contribution is -0.137. The number of rotatable bonds is 5. The number of ether oxygens (including phenoxy) is 1. The highest BCUT2D eigenvalue weighted by Crippen LogP contribution is 2.32. The Kier molecular flexibility index (Phi) is 5.02. The van der Waals surface area contributed by atoms with Crippen molar-refractivity contribution in [1.29, 1.82) is 0 Å². The molecule has 0 bridgehead atoms. The SMILES string of the molecule is CCN(C)CCOc1ccc(C(F)(F)F)cc1C. The molecule has 0 atom stereocenters. The van der Waals surface area contributed by atoms with Crippen LogP contribution in [0.3, 0.4) is 0 Å². The Morgan fingerprint density at radius 3 is 2.44 bits per heavy atom. The van der Waals surface area contributed by atoms with Crippen LogP contribution in [0.15, 0.2) is 18.2 Å². The summed E-state index contributed by atoms with van der Waals surface area (Å²) in [6.45, 7) is 5.78. The second kappa shape index (κ2) is 6.09. The summed E-state index contributed by atoms with van der Waals surface area (Å²) < 4.78 is 42.8. The number of benzene rings is 1. The summed E-state index contributed by atoms with van der Waals surface area (Å²) in [5.74, 6) is 0.507. The summed E-state index contributed by atoms with van der Waals surface area (Å²) in [5, 5.41) is 0. The highest BCUT2D eigenvalue weighted by molar-refractivity contribution is 5.37. The van der Waals surface area contributed by atoms with Crippen molar-refractivity contribution in [3.63, 3.8) is 0 Å². The third kappa shape index (κ3) is 4.22. The molecule has 0 unspecified atom stereocenters. The van der Waals surface area contributed by atoms with Gasteiger partial charge in [-0.1, -0.05) is 6.92 Å². The predicted octanol–water partition coefficient (Wildman–Crippen LogP) is 3.34. The van der Waals surface area contributed by atoms with Crippen LogP contribution in [0.5, 0.6) is 5.75 Å². The van der Waals surface area contributed by atoms with Crippen LogP contribution >= 0.6 is 0 Å². The summed E-state index contributed by atoms with van der Waals surface area (Å²) in [5.41, 5.74) is -0.137. The molecule has 0 saturated carbocycles. The van der Waals surface area contributed by atoms with E-state index in [2.05, 4.69) is 4.90 Å². The monoisotopic (exact) mass is 261 g/mol. The van der Waals surface area contributed by atoms with Crippen molar-refractivity contribution in [3.8, 4) is 5.75 Å². The van der Waals surface area contributed by atoms with Gasteiger partial charge in [-0.25, -0.2) is 0 Å². The number of alkyl halides is 3. The zero-order valence-electron chi connectivity index (χ0n) is 10.8. The molecule has 0 aliphatic carbocycles. The van der Waals surface area contributed by atoms with E-state index < -0.39 is 11.7 Å². The van der Waals surface area contributed by atoms with Crippen molar-refractivity contribution in [2.45, 2.75) is 20.0 Å². The van der Waals surface area contributed by atoms with Gasteiger partial charge >= 0.3 is 6.18 Å². The first kappa shape index (κ1) is 14.8. The fourth-order valence-corrected chi connectivity index (χ4v) is 1.46. The highest BCUT2D eigenvalue weighted by atomic mass is 19.4. The van der Waals surface area contributed by atoms with Gasteiger partial charge in [0, 0.05) is 6.54 Å². The molecule has 0 heterocycles. The van der Waals surface area contributed by atoms with E-state index in [9.17, 15) is 13.2 Å². The molecule has 102 valence electrons. The van der Waals surface area contributed by atoms with Crippen LogP contribution in [0.25, 0.3) is 0 Å². The van der Waals surface area contributed by atoms with Crippen LogP contribution in [-0.4, -0.2) is 31.6 Å². The van der Waals surface area contributed by atoms with Gasteiger partial charge in [0.1, 0.15) is 12.4 Å². The molecule has 1 aromatic carbocycles. The van der Waals surface area contributed by atoms with E-state index in [-0.39, 0.29) is 0 Å². The molecule has 0 amide bonds. The van der Waals surface area contributed by atoms with E-state index in [0.717, 1.165) is 25.2 Å². The molecule has 0 spiro atoms. The smallest absolute Gasteiger partial charge is 0.416 e. The van der Waals surface area contributed by atoms with E-state index in [1.54, 1.807) is 6.92 Å². The number of halogens is 3. The van der Waals surface area contributed by atoms with Crippen molar-refractivity contribution in [2.24, 2.45) is 0 Å². The normalized spacial score (nSPS) is 11.9. The van der Waals surface area contributed by atoms with Gasteiger partial charge < -0.3 is 9.64 Å². The first-order chi connectivity index (χ1) is 8.34. The third-order valence-corrected chi connectivity index (χ3v) is 2.77. The van der Waals surface area contributed by atoms with E-state index in [4.69, 9.17) is 4.74 Å². The number of likely N-dealkylation sites (N-methyl/N-ethyl adjacent to an activating group) is 1. The van der Waals surface area contributed by atoms with Crippen LogP contribution in [0, 0.1) is 6.92 Å². The van der Waals surface area contributed by atoms with Gasteiger partial charge in [-0.05, 0) is 44.3 Å². The standard InChI is InChI=1S/C13H18F3NO/c1-4-17(3)7-8-18-12-6-5-11(9-10(12)2)13(14,15)16/h5-6,9H,4,7-8H2,1-3H3. The molecule has 0 fully saturated rings. The van der Waals surface area contributed by atoms with Gasteiger partial charge in [0.05, 0.1) is 5.56 Å². The maximum Gasteiger partial charge on any atom is 0.416 e. The number of nitrogens with zero attached hydrogens (tertiary/aromatic N) is 1. The molecular formula is C13H18F3NO. The summed E-state index contributed by atoms with van der Waals surface area (Å²) in [6.07, 6.45) is -4.30. The topological polar surface area (TPSA) is 12.5 Å². The van der Waals surface area contributed by atoms with Gasteiger partial charge in [-0.2, -0.15) is 13.2 Å². The molecule has 0 N–H and O–H groups in total. The molecule has 2 nitrogen and oxygen atoms in total. The van der Waals surface area contributed by atoms with Crippen LogP contribution in [0.1, 0.15) is 18.1 Å². The Morgan fingerprint density at radius 2 is 1.94 bits per heavy atom. The molecule has 0 aliphatic heterocycles. The Labute approximate surface area is 105 Å². The van der Waals surface area contributed by atoms with E-state index in [1.807, 2.05) is 14.0 Å². The fourth-order valence-electron chi connectivity index (χ4n) is 1.46. The van der Waals surface area contributed by atoms with Gasteiger partial charge in [0.15, 0.2) is 0 Å². The predicted molar refractivity (Wildman–Crippen MR) is 64.8 cm³/mol. The molecule has 1 aromatic rings. The Balaban J connectivity index is 2.63. The second-order valence-electron chi connectivity index (χ2n) is 4.22. The summed E-state index contributed by atoms with van der Waals surface area (Å²) in [4.78, 5) is 2.07.